The number of hydrogen-bond acceptors (Lipinski definition) is 7. The molecule has 3 saturated heterocycles. The highest BCUT2D eigenvalue weighted by Crippen LogP contribution is 2.29. The van der Waals surface area contributed by atoms with Crippen molar-refractivity contribution in [2.45, 2.75) is 37.3 Å². The van der Waals surface area contributed by atoms with Gasteiger partial charge in [0.1, 0.15) is 12.7 Å². The number of methoxy groups -OCH3 is 1. The van der Waals surface area contributed by atoms with Gasteiger partial charge in [0, 0.05) is 38.3 Å². The van der Waals surface area contributed by atoms with Gasteiger partial charge in [-0.25, -0.2) is 0 Å². The third kappa shape index (κ3) is 8.52. The van der Waals surface area contributed by atoms with Crippen molar-refractivity contribution in [3.05, 3.63) is 23.8 Å². The minimum absolute atomic E-state index is 0.128. The van der Waals surface area contributed by atoms with E-state index in [1.807, 2.05) is 0 Å². The molecular formula is C20H30F3N3O5. The molecule has 2 bridgehead atoms. The van der Waals surface area contributed by atoms with Crippen molar-refractivity contribution in [3.8, 4) is 11.5 Å². The molecule has 0 saturated carbocycles. The maximum atomic E-state index is 12.5. The molecule has 0 aromatic heterocycles. The fraction of sp³-hybridized carbons (Fsp3) is 0.650. The Morgan fingerprint density at radius 3 is 2.48 bits per heavy atom. The maximum Gasteiger partial charge on any atom is 0.401 e. The molecule has 1 aromatic carbocycles. The fourth-order valence-electron chi connectivity index (χ4n) is 3.89. The average molecular weight is 449 g/mol. The highest BCUT2D eigenvalue weighted by atomic mass is 19.4. The molecule has 0 amide bonds. The van der Waals surface area contributed by atoms with Crippen molar-refractivity contribution in [1.82, 2.24) is 15.1 Å². The zero-order valence-electron chi connectivity index (χ0n) is 17.6. The molecule has 3 aliphatic rings. The lowest BCUT2D eigenvalue weighted by Gasteiger charge is -2.48. The van der Waals surface area contributed by atoms with Crippen LogP contribution in [0, 0.1) is 0 Å². The summed E-state index contributed by atoms with van der Waals surface area (Å²) in [6, 6.07) is 6.12. The SMILES string of the molecule is COc1cc(CN(C)CC(F)(F)F)ccc1OCC(O)CN1CC2CC(C1)N2.O=CO. The van der Waals surface area contributed by atoms with Crippen LogP contribution in [-0.4, -0.2) is 97.8 Å². The summed E-state index contributed by atoms with van der Waals surface area (Å²) in [7, 11) is 2.90. The van der Waals surface area contributed by atoms with Crippen molar-refractivity contribution in [2.24, 2.45) is 0 Å². The van der Waals surface area contributed by atoms with Crippen LogP contribution in [0.4, 0.5) is 13.2 Å². The quantitative estimate of drug-likeness (QED) is 0.484. The van der Waals surface area contributed by atoms with E-state index < -0.39 is 18.8 Å². The van der Waals surface area contributed by atoms with Crippen LogP contribution in [0.5, 0.6) is 11.5 Å². The van der Waals surface area contributed by atoms with Crippen molar-refractivity contribution >= 4 is 6.47 Å². The van der Waals surface area contributed by atoms with Crippen molar-refractivity contribution in [2.75, 3.05) is 46.9 Å². The van der Waals surface area contributed by atoms with Crippen LogP contribution in [0.1, 0.15) is 12.0 Å². The number of rotatable bonds is 9. The van der Waals surface area contributed by atoms with Gasteiger partial charge in [-0.05, 0) is 31.2 Å². The lowest BCUT2D eigenvalue weighted by Crippen LogP contribution is -2.67. The zero-order valence-corrected chi connectivity index (χ0v) is 17.6. The lowest BCUT2D eigenvalue weighted by molar-refractivity contribution is -0.144. The van der Waals surface area contributed by atoms with E-state index in [1.54, 1.807) is 18.2 Å². The summed E-state index contributed by atoms with van der Waals surface area (Å²) in [4.78, 5) is 11.8. The summed E-state index contributed by atoms with van der Waals surface area (Å²) >= 11 is 0. The number of carbonyl (C=O) groups is 1. The topological polar surface area (TPSA) is 94.5 Å². The number of nitrogens with one attached hydrogen (secondary N) is 1. The number of benzene rings is 1. The first-order chi connectivity index (χ1) is 14.6. The van der Waals surface area contributed by atoms with E-state index in [0.29, 0.717) is 35.7 Å². The molecule has 8 nitrogen and oxygen atoms in total. The van der Waals surface area contributed by atoms with Gasteiger partial charge in [0.25, 0.3) is 6.47 Å². The number of hydrogen-bond donors (Lipinski definition) is 3. The monoisotopic (exact) mass is 449 g/mol. The van der Waals surface area contributed by atoms with E-state index >= 15 is 0 Å². The van der Waals surface area contributed by atoms with Gasteiger partial charge < -0.3 is 25.0 Å². The van der Waals surface area contributed by atoms with E-state index in [1.165, 1.54) is 25.5 Å². The van der Waals surface area contributed by atoms with Crippen LogP contribution in [0.25, 0.3) is 0 Å². The minimum atomic E-state index is -4.23. The average Bonchev–Trinajstić information content (AvgIpc) is 2.65. The Kier molecular flexibility index (Phi) is 9.35. The van der Waals surface area contributed by atoms with E-state index in [-0.39, 0.29) is 19.6 Å². The van der Waals surface area contributed by atoms with Gasteiger partial charge >= 0.3 is 6.18 Å². The second kappa shape index (κ2) is 11.5. The largest absolute Gasteiger partial charge is 0.493 e. The summed E-state index contributed by atoms with van der Waals surface area (Å²) in [6.45, 7) is 1.48. The summed E-state index contributed by atoms with van der Waals surface area (Å²) in [5.74, 6) is 0.903. The number of piperidine rings is 1. The molecule has 4 rings (SSSR count). The Morgan fingerprint density at radius 2 is 1.94 bits per heavy atom. The molecule has 3 heterocycles. The van der Waals surface area contributed by atoms with Gasteiger partial charge in [-0.1, -0.05) is 6.07 Å². The molecule has 3 N–H and O–H groups in total. The Bertz CT molecular complexity index is 691. The van der Waals surface area contributed by atoms with E-state index in [0.717, 1.165) is 13.1 Å². The van der Waals surface area contributed by atoms with Crippen molar-refractivity contribution in [1.29, 1.82) is 0 Å². The van der Waals surface area contributed by atoms with Gasteiger partial charge in [-0.15, -0.1) is 0 Å². The number of halogens is 3. The lowest BCUT2D eigenvalue weighted by atomic mass is 9.91. The van der Waals surface area contributed by atoms with Gasteiger partial charge in [0.15, 0.2) is 11.5 Å². The smallest absolute Gasteiger partial charge is 0.401 e. The van der Waals surface area contributed by atoms with E-state index in [2.05, 4.69) is 10.2 Å². The fourth-order valence-corrected chi connectivity index (χ4v) is 3.89. The first-order valence-electron chi connectivity index (χ1n) is 9.92. The van der Waals surface area contributed by atoms with Crippen molar-refractivity contribution < 1.29 is 37.7 Å². The highest BCUT2D eigenvalue weighted by Gasteiger charge is 2.36. The third-order valence-electron chi connectivity index (χ3n) is 5.03. The molecule has 0 radical (unpaired) electrons. The predicted molar refractivity (Wildman–Crippen MR) is 107 cm³/mol. The minimum Gasteiger partial charge on any atom is -0.493 e. The second-order valence-corrected chi connectivity index (χ2v) is 7.86. The number of alkyl halides is 3. The Morgan fingerprint density at radius 1 is 1.32 bits per heavy atom. The molecular weight excluding hydrogens is 419 g/mol. The predicted octanol–water partition coefficient (Wildman–Crippen LogP) is 1.18. The molecule has 11 heteroatoms. The number of nitrogens with zero attached hydrogens (tertiary/aromatic N) is 2. The number of aliphatic hydroxyl groups excluding tert-OH is 1. The molecule has 3 unspecified atom stereocenters. The van der Waals surface area contributed by atoms with Crippen LogP contribution in [-0.2, 0) is 11.3 Å². The first-order valence-corrected chi connectivity index (χ1v) is 9.92. The Hall–Kier alpha value is -2.08. The van der Waals surface area contributed by atoms with Gasteiger partial charge in [0.2, 0.25) is 0 Å². The zero-order chi connectivity index (χ0) is 23.0. The number of piperazine rings is 1. The van der Waals surface area contributed by atoms with E-state index in [4.69, 9.17) is 19.4 Å². The normalized spacial score (nSPS) is 21.5. The van der Waals surface area contributed by atoms with Crippen LogP contribution >= 0.6 is 0 Å². The molecule has 176 valence electrons. The van der Waals surface area contributed by atoms with Crippen LogP contribution in [0.15, 0.2) is 18.2 Å². The van der Waals surface area contributed by atoms with Gasteiger partial charge in [0.05, 0.1) is 13.7 Å². The van der Waals surface area contributed by atoms with Crippen molar-refractivity contribution in [3.63, 3.8) is 0 Å². The number of ether oxygens (including phenoxy) is 2. The molecule has 0 spiro atoms. The number of carboxylic acid groups (broad SMARTS) is 1. The van der Waals surface area contributed by atoms with Crippen LogP contribution < -0.4 is 14.8 Å². The number of fused-ring (bicyclic) bond motifs is 2. The van der Waals surface area contributed by atoms with E-state index in [9.17, 15) is 18.3 Å². The molecule has 3 fully saturated rings. The first kappa shape index (κ1) is 25.2. The standard InChI is InChI=1S/C19H28F3N3O3.CH2O2/c1-24(12-19(20,21)22)7-13-3-4-17(18(5-13)27-2)28-11-16(26)10-25-8-14-6-15(9-25)23-14;2-1-3/h3-5,14-16,23,26H,6-12H2,1-2H3;1H,(H,2,3). The summed E-state index contributed by atoms with van der Waals surface area (Å²) < 4.78 is 48.4. The van der Waals surface area contributed by atoms with Crippen LogP contribution in [0.3, 0.4) is 0 Å². The Labute approximate surface area is 179 Å². The summed E-state index contributed by atoms with van der Waals surface area (Å²) in [6.07, 6.45) is -3.65. The highest BCUT2D eigenvalue weighted by molar-refractivity contribution is 5.43. The third-order valence-corrected chi connectivity index (χ3v) is 5.03. The Balaban J connectivity index is 0.00000107. The molecule has 0 aliphatic carbocycles. The summed E-state index contributed by atoms with van der Waals surface area (Å²) in [5.41, 5.74) is 0.691. The molecule has 3 aliphatic heterocycles. The van der Waals surface area contributed by atoms with Gasteiger partial charge in [-0.3, -0.25) is 14.6 Å². The molecule has 31 heavy (non-hydrogen) atoms. The van der Waals surface area contributed by atoms with Crippen LogP contribution in [0.2, 0.25) is 0 Å². The summed E-state index contributed by atoms with van der Waals surface area (Å²) in [5, 5.41) is 20.6. The van der Waals surface area contributed by atoms with Gasteiger partial charge in [-0.2, -0.15) is 13.2 Å². The molecule has 3 atom stereocenters. The maximum absolute atomic E-state index is 12.5. The molecule has 1 aromatic rings. The number of aliphatic hydroxyl groups is 1. The second-order valence-electron chi connectivity index (χ2n) is 7.86.